The number of hydrogen-bond donors (Lipinski definition) is 0. The molecule has 4 heteroatoms. The van der Waals surface area contributed by atoms with Gasteiger partial charge >= 0.3 is 5.97 Å². The highest BCUT2D eigenvalue weighted by Gasteiger charge is 2.12. The van der Waals surface area contributed by atoms with Crippen molar-refractivity contribution < 1.29 is 13.9 Å². The summed E-state index contributed by atoms with van der Waals surface area (Å²) in [5.74, 6) is 1.51. The van der Waals surface area contributed by atoms with Gasteiger partial charge in [-0.15, -0.1) is 0 Å². The van der Waals surface area contributed by atoms with Crippen molar-refractivity contribution in [3.63, 3.8) is 0 Å². The van der Waals surface area contributed by atoms with Crippen molar-refractivity contribution >= 4 is 12.0 Å². The molecule has 0 unspecified atom stereocenters. The second-order valence-electron chi connectivity index (χ2n) is 4.34. The molecule has 4 nitrogen and oxygen atoms in total. The summed E-state index contributed by atoms with van der Waals surface area (Å²) in [6, 6.07) is 0. The van der Waals surface area contributed by atoms with Crippen molar-refractivity contribution in [2.75, 3.05) is 7.11 Å². The van der Waals surface area contributed by atoms with Crippen LogP contribution in [0.1, 0.15) is 37.6 Å². The molecular weight excluding hydrogens is 218 g/mol. The molecule has 0 N–H and O–H groups in total. The fourth-order valence-corrected chi connectivity index (χ4v) is 1.34. The Morgan fingerprint density at radius 3 is 2.82 bits per heavy atom. The van der Waals surface area contributed by atoms with Crippen molar-refractivity contribution in [3.8, 4) is 0 Å². The Morgan fingerprint density at radius 1 is 1.53 bits per heavy atom. The van der Waals surface area contributed by atoms with Gasteiger partial charge in [-0.2, -0.15) is 0 Å². The van der Waals surface area contributed by atoms with Gasteiger partial charge in [0.25, 0.3) is 0 Å². The van der Waals surface area contributed by atoms with Crippen LogP contribution >= 0.6 is 0 Å². The third kappa shape index (κ3) is 4.43. The number of nitrogens with zero attached hydrogens (tertiary/aromatic N) is 1. The molecule has 0 aliphatic heterocycles. The Kier molecular flexibility index (Phi) is 4.94. The van der Waals surface area contributed by atoms with E-state index in [9.17, 15) is 4.79 Å². The molecule has 1 aromatic heterocycles. The quantitative estimate of drug-likeness (QED) is 0.739. The zero-order valence-corrected chi connectivity index (χ0v) is 10.8. The van der Waals surface area contributed by atoms with Crippen LogP contribution in [0.5, 0.6) is 0 Å². The number of rotatable bonds is 5. The highest BCUT2D eigenvalue weighted by molar-refractivity contribution is 5.72. The second kappa shape index (κ2) is 6.23. The van der Waals surface area contributed by atoms with Crippen LogP contribution in [-0.2, 0) is 16.0 Å². The van der Waals surface area contributed by atoms with Gasteiger partial charge in [0.1, 0.15) is 5.76 Å². The van der Waals surface area contributed by atoms with E-state index in [2.05, 4.69) is 23.6 Å². The summed E-state index contributed by atoms with van der Waals surface area (Å²) in [4.78, 5) is 15.4. The summed E-state index contributed by atoms with van der Waals surface area (Å²) < 4.78 is 10.0. The Balaban J connectivity index is 2.67. The summed E-state index contributed by atoms with van der Waals surface area (Å²) in [5.41, 5.74) is 0.640. The van der Waals surface area contributed by atoms with Crippen LogP contribution in [0.4, 0.5) is 0 Å². The van der Waals surface area contributed by atoms with Crippen molar-refractivity contribution in [2.45, 2.75) is 33.6 Å². The normalized spacial score (nSPS) is 11.4. The molecule has 1 rings (SSSR count). The smallest absolute Gasteiger partial charge is 0.311 e. The van der Waals surface area contributed by atoms with Gasteiger partial charge in [0, 0.05) is 0 Å². The molecule has 0 aliphatic rings. The zero-order chi connectivity index (χ0) is 12.8. The van der Waals surface area contributed by atoms with Crippen LogP contribution in [0.15, 0.2) is 10.5 Å². The van der Waals surface area contributed by atoms with Crippen LogP contribution in [0.3, 0.4) is 0 Å². The van der Waals surface area contributed by atoms with Crippen molar-refractivity contribution in [2.24, 2.45) is 5.92 Å². The highest BCUT2D eigenvalue weighted by Crippen LogP contribution is 2.13. The number of carbonyl (C=O) groups excluding carboxylic acids is 1. The topological polar surface area (TPSA) is 52.3 Å². The van der Waals surface area contributed by atoms with Gasteiger partial charge in [-0.1, -0.05) is 19.9 Å². The standard InChI is InChI=1S/C13H19NO3/c1-9(2)6-5-7-12-14-11(10(3)17-12)8-13(15)16-4/h5,7,9H,6,8H2,1-4H3. The van der Waals surface area contributed by atoms with Crippen molar-refractivity contribution in [1.29, 1.82) is 0 Å². The third-order valence-corrected chi connectivity index (χ3v) is 2.32. The summed E-state index contributed by atoms with van der Waals surface area (Å²) in [6.45, 7) is 6.09. The molecule has 0 bridgehead atoms. The van der Waals surface area contributed by atoms with Crippen LogP contribution in [-0.4, -0.2) is 18.1 Å². The largest absolute Gasteiger partial charge is 0.469 e. The third-order valence-electron chi connectivity index (χ3n) is 2.32. The molecular formula is C13H19NO3. The van der Waals surface area contributed by atoms with Gasteiger partial charge in [-0.3, -0.25) is 4.79 Å². The first-order chi connectivity index (χ1) is 8.02. The minimum atomic E-state index is -0.306. The Morgan fingerprint density at radius 2 is 2.24 bits per heavy atom. The number of aromatic nitrogens is 1. The number of methoxy groups -OCH3 is 1. The van der Waals surface area contributed by atoms with Crippen molar-refractivity contribution in [1.82, 2.24) is 4.98 Å². The van der Waals surface area contributed by atoms with Crippen molar-refractivity contribution in [3.05, 3.63) is 23.4 Å². The molecule has 0 spiro atoms. The predicted octanol–water partition coefficient (Wildman–Crippen LogP) is 2.76. The predicted molar refractivity (Wildman–Crippen MR) is 65.4 cm³/mol. The molecule has 0 atom stereocenters. The molecule has 0 radical (unpaired) electrons. The molecule has 17 heavy (non-hydrogen) atoms. The van der Waals surface area contributed by atoms with Gasteiger partial charge in [-0.05, 0) is 25.3 Å². The summed E-state index contributed by atoms with van der Waals surface area (Å²) in [7, 11) is 1.36. The lowest BCUT2D eigenvalue weighted by atomic mass is 10.1. The first-order valence-electron chi connectivity index (χ1n) is 5.72. The van der Waals surface area contributed by atoms with E-state index in [4.69, 9.17) is 4.42 Å². The number of ether oxygens (including phenoxy) is 1. The molecule has 0 saturated carbocycles. The Hall–Kier alpha value is -1.58. The minimum absolute atomic E-state index is 0.157. The molecule has 0 saturated heterocycles. The molecule has 0 aromatic carbocycles. The van der Waals surface area contributed by atoms with Crippen LogP contribution in [0.25, 0.3) is 6.08 Å². The fraction of sp³-hybridized carbons (Fsp3) is 0.538. The Labute approximate surface area is 102 Å². The van der Waals surface area contributed by atoms with Gasteiger partial charge < -0.3 is 9.15 Å². The first-order valence-corrected chi connectivity index (χ1v) is 5.72. The van der Waals surface area contributed by atoms with E-state index in [0.29, 0.717) is 23.3 Å². The van der Waals surface area contributed by atoms with E-state index in [-0.39, 0.29) is 12.4 Å². The number of hydrogen-bond acceptors (Lipinski definition) is 4. The maximum Gasteiger partial charge on any atom is 0.311 e. The maximum atomic E-state index is 11.1. The van der Waals surface area contributed by atoms with Crippen LogP contribution in [0.2, 0.25) is 0 Å². The lowest BCUT2D eigenvalue weighted by Gasteiger charge is -1.95. The average Bonchev–Trinajstić information content (AvgIpc) is 2.59. The molecule has 0 fully saturated rings. The van der Waals surface area contributed by atoms with Gasteiger partial charge in [-0.25, -0.2) is 4.98 Å². The second-order valence-corrected chi connectivity index (χ2v) is 4.34. The number of oxazole rings is 1. The molecule has 0 amide bonds. The number of carbonyl (C=O) groups is 1. The first kappa shape index (κ1) is 13.5. The van der Waals surface area contributed by atoms with Crippen LogP contribution in [0, 0.1) is 12.8 Å². The van der Waals surface area contributed by atoms with Gasteiger partial charge in [0.15, 0.2) is 0 Å². The van der Waals surface area contributed by atoms with E-state index in [1.807, 2.05) is 12.2 Å². The lowest BCUT2D eigenvalue weighted by molar-refractivity contribution is -0.139. The van der Waals surface area contributed by atoms with E-state index < -0.39 is 0 Å². The summed E-state index contributed by atoms with van der Waals surface area (Å²) >= 11 is 0. The highest BCUT2D eigenvalue weighted by atomic mass is 16.5. The van der Waals surface area contributed by atoms with E-state index in [1.165, 1.54) is 7.11 Å². The average molecular weight is 237 g/mol. The van der Waals surface area contributed by atoms with E-state index in [0.717, 1.165) is 6.42 Å². The SMILES string of the molecule is COC(=O)Cc1nc(C=CCC(C)C)oc1C. The van der Waals surface area contributed by atoms with E-state index in [1.54, 1.807) is 6.92 Å². The maximum absolute atomic E-state index is 11.1. The minimum Gasteiger partial charge on any atom is -0.469 e. The van der Waals surface area contributed by atoms with Crippen LogP contribution < -0.4 is 0 Å². The Bertz CT molecular complexity index is 405. The van der Waals surface area contributed by atoms with E-state index >= 15 is 0 Å². The molecule has 1 aromatic rings. The summed E-state index contributed by atoms with van der Waals surface area (Å²) in [6.07, 6.45) is 5.00. The van der Waals surface area contributed by atoms with Gasteiger partial charge in [0.05, 0.1) is 19.2 Å². The summed E-state index contributed by atoms with van der Waals surface area (Å²) in [5, 5.41) is 0. The zero-order valence-electron chi connectivity index (χ0n) is 10.8. The fourth-order valence-electron chi connectivity index (χ4n) is 1.34. The molecule has 0 aliphatic carbocycles. The number of esters is 1. The monoisotopic (exact) mass is 237 g/mol. The molecule has 1 heterocycles. The van der Waals surface area contributed by atoms with Gasteiger partial charge in [0.2, 0.25) is 5.89 Å². The number of aryl methyl sites for hydroxylation is 1. The lowest BCUT2D eigenvalue weighted by Crippen LogP contribution is -2.05. The number of allylic oxidation sites excluding steroid dienone is 1. The molecule has 94 valence electrons.